The van der Waals surface area contributed by atoms with Gasteiger partial charge in [0.05, 0.1) is 49.7 Å². The van der Waals surface area contributed by atoms with Crippen LogP contribution in [-0.4, -0.2) is 223 Å². The van der Waals surface area contributed by atoms with Gasteiger partial charge in [-0.1, -0.05) is 62.8 Å². The largest absolute Gasteiger partial charge is 1.00 e. The molecule has 0 spiro atoms. The number of nitrogens with one attached hydrogen (secondary N) is 6. The van der Waals surface area contributed by atoms with Gasteiger partial charge in [0.15, 0.2) is 0 Å². The second kappa shape index (κ2) is 40.3. The summed E-state index contributed by atoms with van der Waals surface area (Å²) >= 11 is 2.92. The number of carbonyl (C=O) groups is 8. The molecular formula is C64H96N6NaO20S2+. The molecule has 6 amide bonds. The summed E-state index contributed by atoms with van der Waals surface area (Å²) in [6.45, 7) is 1.78. The molecule has 0 bridgehead atoms. The SMILES string of the molecule is CC(=O)N[C@@H]1[C@@H](O)C[C@](OCCCSCCNC(=O)CCCCC(=O)NCCSCCCO[C@]2(C(=O)O)C[C@H](O)[C@@H](NC(C)=O)[C@H](C(O)[C@H](O)CNC(=O)c3ccc(C4CCCCC4)cc3)O2)(C(=O)O)O[C@H]1C(O)[C@H](O)CNC(=O)c1ccc(C2CCCCC2)cc1.[Na+]. The molecule has 93 heavy (non-hydrogen) atoms. The van der Waals surface area contributed by atoms with Gasteiger partial charge in [-0.05, 0) is 110 Å². The second-order valence-corrected chi connectivity index (χ2v) is 26.7. The van der Waals surface area contributed by atoms with E-state index in [9.17, 15) is 79.2 Å². The fourth-order valence-electron chi connectivity index (χ4n) is 12.1. The van der Waals surface area contributed by atoms with Gasteiger partial charge in [0, 0.05) is 88.3 Å². The third-order valence-electron chi connectivity index (χ3n) is 17.2. The minimum atomic E-state index is -2.46. The summed E-state index contributed by atoms with van der Waals surface area (Å²) in [4.78, 5) is 101. The van der Waals surface area contributed by atoms with Crippen LogP contribution in [0.25, 0.3) is 0 Å². The van der Waals surface area contributed by atoms with Crippen molar-refractivity contribution < 1.29 is 128 Å². The average molecular weight is 1360 g/mol. The van der Waals surface area contributed by atoms with E-state index in [4.69, 9.17) is 18.9 Å². The zero-order valence-corrected chi connectivity index (χ0v) is 57.3. The maximum Gasteiger partial charge on any atom is 1.00 e. The maximum absolute atomic E-state index is 13.0. The molecule has 4 aliphatic rings. The molecule has 0 radical (unpaired) electrons. The number of benzene rings is 2. The molecule has 2 saturated carbocycles. The number of unbranched alkanes of at least 4 members (excludes halogenated alkanes) is 1. The predicted octanol–water partition coefficient (Wildman–Crippen LogP) is -0.667. The van der Waals surface area contributed by atoms with Gasteiger partial charge in [-0.2, -0.15) is 23.5 Å². The number of aliphatic hydroxyl groups excluding tert-OH is 6. The van der Waals surface area contributed by atoms with Crippen molar-refractivity contribution in [1.29, 1.82) is 0 Å². The summed E-state index contributed by atoms with van der Waals surface area (Å²) < 4.78 is 23.2. The molecule has 2 aliphatic carbocycles. The van der Waals surface area contributed by atoms with Crippen molar-refractivity contribution in [2.75, 3.05) is 62.4 Å². The van der Waals surface area contributed by atoms with Crippen molar-refractivity contribution in [2.45, 2.75) is 214 Å². The predicted molar refractivity (Wildman–Crippen MR) is 340 cm³/mol. The van der Waals surface area contributed by atoms with E-state index >= 15 is 0 Å². The Morgan fingerprint density at radius 1 is 0.527 bits per heavy atom. The number of carbonyl (C=O) groups excluding carboxylic acids is 6. The fourth-order valence-corrected chi connectivity index (χ4v) is 13.7. The first-order chi connectivity index (χ1) is 44.0. The van der Waals surface area contributed by atoms with Crippen LogP contribution in [0.15, 0.2) is 48.5 Å². The second-order valence-electron chi connectivity index (χ2n) is 24.3. The normalized spacial score (nSPS) is 24.8. The first-order valence-corrected chi connectivity index (χ1v) is 34.5. The molecule has 6 rings (SSSR count). The van der Waals surface area contributed by atoms with Gasteiger partial charge < -0.3 is 91.7 Å². The Labute approximate surface area is 574 Å². The van der Waals surface area contributed by atoms with Crippen molar-refractivity contribution >= 4 is 70.9 Å². The number of rotatable bonds is 37. The number of aliphatic hydroxyl groups is 6. The third-order valence-corrected chi connectivity index (χ3v) is 19.3. The van der Waals surface area contributed by atoms with Crippen molar-refractivity contribution in [3.8, 4) is 0 Å². The van der Waals surface area contributed by atoms with E-state index in [-0.39, 0.29) is 67.4 Å². The average Bonchev–Trinajstić information content (AvgIpc) is 0.780. The molecule has 14 N–H and O–H groups in total. The van der Waals surface area contributed by atoms with Crippen LogP contribution in [0.5, 0.6) is 0 Å². The molecule has 2 unspecified atom stereocenters. The van der Waals surface area contributed by atoms with Gasteiger partial charge in [0.25, 0.3) is 23.4 Å². The fraction of sp³-hybridized carbons (Fsp3) is 0.688. The molecule has 29 heteroatoms. The van der Waals surface area contributed by atoms with Crippen LogP contribution in [0.4, 0.5) is 0 Å². The first kappa shape index (κ1) is 79.2. The molecule has 2 aliphatic heterocycles. The number of thioether (sulfide) groups is 2. The van der Waals surface area contributed by atoms with E-state index in [1.807, 2.05) is 24.3 Å². The summed E-state index contributed by atoms with van der Waals surface area (Å²) in [5.74, 6) is -7.86. The van der Waals surface area contributed by atoms with Crippen LogP contribution in [0.1, 0.15) is 173 Å². The zero-order valence-electron chi connectivity index (χ0n) is 53.6. The van der Waals surface area contributed by atoms with E-state index in [2.05, 4.69) is 31.9 Å². The molecule has 2 saturated heterocycles. The monoisotopic (exact) mass is 1360 g/mol. The Hall–Kier alpha value is -4.50. The first-order valence-electron chi connectivity index (χ1n) is 32.2. The summed E-state index contributed by atoms with van der Waals surface area (Å²) in [5.41, 5.74) is 2.99. The summed E-state index contributed by atoms with van der Waals surface area (Å²) in [7, 11) is 0. The Morgan fingerprint density at radius 2 is 0.882 bits per heavy atom. The molecule has 2 aromatic carbocycles. The van der Waals surface area contributed by atoms with Crippen LogP contribution in [-0.2, 0) is 47.7 Å². The number of aliphatic carboxylic acids is 2. The van der Waals surface area contributed by atoms with Crippen LogP contribution < -0.4 is 61.5 Å². The van der Waals surface area contributed by atoms with Crippen LogP contribution in [0, 0.1) is 0 Å². The van der Waals surface area contributed by atoms with Gasteiger partial charge >= 0.3 is 41.5 Å². The van der Waals surface area contributed by atoms with Gasteiger partial charge in [0.2, 0.25) is 23.6 Å². The van der Waals surface area contributed by atoms with Gasteiger partial charge in [0.1, 0.15) is 24.4 Å². The van der Waals surface area contributed by atoms with E-state index in [0.29, 0.717) is 84.7 Å². The Bertz CT molecular complexity index is 2520. The number of ether oxygens (including phenoxy) is 4. The maximum atomic E-state index is 13.0. The van der Waals surface area contributed by atoms with E-state index in [0.717, 1.165) is 76.3 Å². The van der Waals surface area contributed by atoms with Gasteiger partial charge in [-0.3, -0.25) is 28.8 Å². The Balaban J connectivity index is 0.0000157. The standard InChI is InChI=1S/C64H96N6O20S2.Na/c1-39(71)69-53-47(73)35-63(61(83)84,89-57(53)55(79)49(75)37-67-59(81)45-23-19-43(20-24-45)41-13-5-3-6-14-41)87-29-11-31-91-33-27-65-51(77)17-9-10-18-52(78)66-28-34-92-32-12-30-88-64(62(85)86)36-48(74)54(70-40(2)72)58(90-64)56(80)50(76)38-68-60(82)46-25-21-44(22-26-46)42-15-7-4-8-16-42;/h19-26,41-42,47-50,53-58,73-76,79-80H,3-18,27-38H2,1-2H3,(H,65,77)(H,66,78)(H,67,81)(H,68,82)(H,69,71)(H,70,72)(H,83,84)(H,85,86);/q;+1/t47-,48-,49+,50+,53+,54+,55?,56?,57+,58+,63+,64+;/m0./s1. The van der Waals surface area contributed by atoms with E-state index in [1.54, 1.807) is 24.3 Å². The summed E-state index contributed by atoms with van der Waals surface area (Å²) in [6.07, 6.45) is -1.51. The molecule has 0 aromatic heterocycles. The number of carboxylic acids is 2. The van der Waals surface area contributed by atoms with E-state index < -0.39 is 134 Å². The Morgan fingerprint density at radius 3 is 1.22 bits per heavy atom. The molecule has 514 valence electrons. The zero-order chi connectivity index (χ0) is 66.8. The van der Waals surface area contributed by atoms with Crippen molar-refractivity contribution in [1.82, 2.24) is 31.9 Å². The summed E-state index contributed by atoms with van der Waals surface area (Å²) in [5, 5.41) is 103. The van der Waals surface area contributed by atoms with Crippen LogP contribution in [0.3, 0.4) is 0 Å². The number of hydrogen-bond donors (Lipinski definition) is 14. The molecule has 26 nitrogen and oxygen atoms in total. The topological polar surface area (TPSA) is 408 Å². The van der Waals surface area contributed by atoms with E-state index in [1.165, 1.54) is 36.4 Å². The Kier molecular flexibility index (Phi) is 34.3. The van der Waals surface area contributed by atoms with Crippen LogP contribution >= 0.6 is 23.5 Å². The number of amides is 6. The van der Waals surface area contributed by atoms with Crippen LogP contribution in [0.2, 0.25) is 0 Å². The van der Waals surface area contributed by atoms with Gasteiger partial charge in [-0.15, -0.1) is 0 Å². The minimum absolute atomic E-state index is 0. The molecular weight excluding hydrogens is 1260 g/mol. The van der Waals surface area contributed by atoms with Gasteiger partial charge in [-0.25, -0.2) is 9.59 Å². The molecule has 4 fully saturated rings. The number of hydrogen-bond acceptors (Lipinski definition) is 20. The number of carboxylic acid groups (broad SMARTS) is 2. The minimum Gasteiger partial charge on any atom is -0.477 e. The summed E-state index contributed by atoms with van der Waals surface area (Å²) in [6, 6.07) is 11.8. The molecule has 12 atom stereocenters. The van der Waals surface area contributed by atoms with Crippen molar-refractivity contribution in [3.63, 3.8) is 0 Å². The smallest absolute Gasteiger partial charge is 0.477 e. The van der Waals surface area contributed by atoms with Crippen molar-refractivity contribution in [2.24, 2.45) is 0 Å². The quantitative estimate of drug-likeness (QED) is 0.0295. The molecule has 2 aromatic rings. The van der Waals surface area contributed by atoms with Crippen molar-refractivity contribution in [3.05, 3.63) is 70.8 Å². The third kappa shape index (κ3) is 24.8. The molecule has 2 heterocycles.